The summed E-state index contributed by atoms with van der Waals surface area (Å²) in [7, 11) is -3.11. The number of nitrogens with zero attached hydrogens (tertiary/aromatic N) is 3. The highest BCUT2D eigenvalue weighted by atomic mass is 32.2. The maximum Gasteiger partial charge on any atom is 0.169 e. The van der Waals surface area contributed by atoms with Crippen LogP contribution in [0.5, 0.6) is 0 Å². The Morgan fingerprint density at radius 2 is 2.26 bits per heavy atom. The molecule has 1 aliphatic rings. The average molecular weight is 280 g/mol. The van der Waals surface area contributed by atoms with Gasteiger partial charge in [-0.05, 0) is 18.9 Å². The molecule has 2 aromatic rings. The van der Waals surface area contributed by atoms with Crippen LogP contribution in [0.25, 0.3) is 5.65 Å². The van der Waals surface area contributed by atoms with E-state index >= 15 is 0 Å². The predicted molar refractivity (Wildman–Crippen MR) is 71.3 cm³/mol. The number of fused-ring (bicyclic) bond motifs is 1. The smallest absolute Gasteiger partial charge is 0.169 e. The largest absolute Gasteiger partial charge is 0.326 e. The number of aromatic nitrogens is 3. The van der Waals surface area contributed by atoms with Crippen molar-refractivity contribution >= 4 is 15.5 Å². The van der Waals surface area contributed by atoms with Crippen LogP contribution in [0.3, 0.4) is 0 Å². The van der Waals surface area contributed by atoms with Crippen molar-refractivity contribution in [3.8, 4) is 0 Å². The quantitative estimate of drug-likeness (QED) is 0.879. The second-order valence-electron chi connectivity index (χ2n) is 4.83. The molecule has 2 aromatic heterocycles. The van der Waals surface area contributed by atoms with Gasteiger partial charge < -0.3 is 5.73 Å². The van der Waals surface area contributed by atoms with E-state index < -0.39 is 15.1 Å². The number of pyridine rings is 1. The average Bonchev–Trinajstić information content (AvgIpc) is 2.81. The molecule has 3 heterocycles. The van der Waals surface area contributed by atoms with Crippen LogP contribution in [0.4, 0.5) is 0 Å². The molecule has 1 saturated heterocycles. The molecule has 1 fully saturated rings. The first-order chi connectivity index (χ1) is 9.12. The number of sulfone groups is 1. The molecule has 1 unspecified atom stereocenters. The number of hydrogen-bond acceptors (Lipinski definition) is 5. The van der Waals surface area contributed by atoms with E-state index in [1.54, 1.807) is 10.7 Å². The van der Waals surface area contributed by atoms with Crippen LogP contribution in [-0.4, -0.2) is 28.8 Å². The monoisotopic (exact) mass is 280 g/mol. The van der Waals surface area contributed by atoms with Crippen LogP contribution in [0.2, 0.25) is 0 Å². The first-order valence-electron chi connectivity index (χ1n) is 6.37. The number of hydrogen-bond donors (Lipinski definition) is 1. The van der Waals surface area contributed by atoms with Gasteiger partial charge in [-0.1, -0.05) is 12.5 Å². The van der Waals surface area contributed by atoms with Gasteiger partial charge in [0.1, 0.15) is 5.25 Å². The van der Waals surface area contributed by atoms with Gasteiger partial charge in [0.05, 0.1) is 5.75 Å². The van der Waals surface area contributed by atoms with E-state index in [0.29, 0.717) is 24.4 Å². The van der Waals surface area contributed by atoms with Crippen molar-refractivity contribution in [3.05, 3.63) is 29.7 Å². The lowest BCUT2D eigenvalue weighted by molar-refractivity contribution is 0.538. The van der Waals surface area contributed by atoms with Crippen LogP contribution in [0.15, 0.2) is 18.3 Å². The van der Waals surface area contributed by atoms with Crippen molar-refractivity contribution < 1.29 is 8.42 Å². The topological polar surface area (TPSA) is 90.4 Å². The molecule has 0 spiro atoms. The van der Waals surface area contributed by atoms with Gasteiger partial charge in [0.25, 0.3) is 0 Å². The Kier molecular flexibility index (Phi) is 3.02. The van der Waals surface area contributed by atoms with Gasteiger partial charge in [0, 0.05) is 18.3 Å². The van der Waals surface area contributed by atoms with Crippen molar-refractivity contribution in [2.24, 2.45) is 5.73 Å². The fourth-order valence-corrected chi connectivity index (χ4v) is 4.36. The molecule has 6 nitrogen and oxygen atoms in total. The lowest BCUT2D eigenvalue weighted by atomic mass is 10.2. The van der Waals surface area contributed by atoms with Crippen LogP contribution < -0.4 is 5.73 Å². The van der Waals surface area contributed by atoms with Crippen molar-refractivity contribution in [1.29, 1.82) is 0 Å². The van der Waals surface area contributed by atoms with Crippen LogP contribution in [0, 0.1) is 0 Å². The maximum absolute atomic E-state index is 12.1. The Bertz CT molecular complexity index is 708. The number of nitrogens with two attached hydrogens (primary N) is 1. The van der Waals surface area contributed by atoms with Crippen LogP contribution in [-0.2, 0) is 16.4 Å². The summed E-state index contributed by atoms with van der Waals surface area (Å²) >= 11 is 0. The molecule has 3 rings (SSSR count). The van der Waals surface area contributed by atoms with Gasteiger partial charge in [-0.2, -0.15) is 0 Å². The van der Waals surface area contributed by atoms with Gasteiger partial charge in [-0.25, -0.2) is 17.9 Å². The fraction of sp³-hybridized carbons (Fsp3) is 0.500. The molecule has 1 atom stereocenters. The molecule has 102 valence electrons. The first kappa shape index (κ1) is 12.6. The van der Waals surface area contributed by atoms with Gasteiger partial charge in [-0.3, -0.25) is 0 Å². The van der Waals surface area contributed by atoms with Gasteiger partial charge in [0.15, 0.2) is 21.3 Å². The molecular formula is C12H16N4O2S. The first-order valence-corrected chi connectivity index (χ1v) is 8.09. The molecule has 0 aliphatic carbocycles. The molecule has 0 amide bonds. The third-order valence-electron chi connectivity index (χ3n) is 3.55. The highest BCUT2D eigenvalue weighted by Gasteiger charge is 2.33. The maximum atomic E-state index is 12.1. The Hall–Kier alpha value is -1.47. The van der Waals surface area contributed by atoms with Gasteiger partial charge in [0.2, 0.25) is 0 Å². The molecule has 1 aliphatic heterocycles. The Labute approximate surface area is 111 Å². The standard InChI is InChI=1S/C12H16N4O2S/c13-8-9-4-3-6-16-12(9)14-11(15-16)10-5-1-2-7-19(10,17)18/h3-4,6,10H,1-2,5,7-8,13H2. The zero-order chi connectivity index (χ0) is 13.5. The van der Waals surface area contributed by atoms with Crippen molar-refractivity contribution in [2.75, 3.05) is 5.75 Å². The molecule has 0 radical (unpaired) electrons. The van der Waals surface area contributed by atoms with Gasteiger partial charge >= 0.3 is 0 Å². The van der Waals surface area contributed by atoms with Crippen molar-refractivity contribution in [3.63, 3.8) is 0 Å². The molecule has 19 heavy (non-hydrogen) atoms. The van der Waals surface area contributed by atoms with E-state index in [4.69, 9.17) is 5.73 Å². The SMILES string of the molecule is NCc1cccn2nc(C3CCCCS3(=O)=O)nc12. The molecule has 2 N–H and O–H groups in total. The molecular weight excluding hydrogens is 264 g/mol. The highest BCUT2D eigenvalue weighted by Crippen LogP contribution is 2.31. The summed E-state index contributed by atoms with van der Waals surface area (Å²) in [6, 6.07) is 3.71. The third kappa shape index (κ3) is 2.12. The zero-order valence-electron chi connectivity index (χ0n) is 10.5. The van der Waals surface area contributed by atoms with E-state index in [-0.39, 0.29) is 5.75 Å². The Morgan fingerprint density at radius 1 is 1.42 bits per heavy atom. The lowest BCUT2D eigenvalue weighted by Crippen LogP contribution is -2.22. The van der Waals surface area contributed by atoms with Crippen LogP contribution >= 0.6 is 0 Å². The summed E-state index contributed by atoms with van der Waals surface area (Å²) in [6.45, 7) is 0.361. The molecule has 0 aromatic carbocycles. The normalized spacial score (nSPS) is 22.7. The van der Waals surface area contributed by atoms with Gasteiger partial charge in [-0.15, -0.1) is 5.10 Å². The summed E-state index contributed by atoms with van der Waals surface area (Å²) < 4.78 is 25.8. The zero-order valence-corrected chi connectivity index (χ0v) is 11.3. The molecule has 0 bridgehead atoms. The van der Waals surface area contributed by atoms with E-state index in [2.05, 4.69) is 10.1 Å². The fourth-order valence-electron chi connectivity index (χ4n) is 2.52. The van der Waals surface area contributed by atoms with Crippen LogP contribution in [0.1, 0.15) is 35.9 Å². The summed E-state index contributed by atoms with van der Waals surface area (Å²) in [6.07, 6.45) is 4.01. The number of rotatable bonds is 2. The van der Waals surface area contributed by atoms with Crippen molar-refractivity contribution in [1.82, 2.24) is 14.6 Å². The minimum Gasteiger partial charge on any atom is -0.326 e. The summed E-state index contributed by atoms with van der Waals surface area (Å²) in [5.74, 6) is 0.636. The summed E-state index contributed by atoms with van der Waals surface area (Å²) in [5.41, 5.74) is 7.18. The van der Waals surface area contributed by atoms with E-state index in [1.165, 1.54) is 0 Å². The highest BCUT2D eigenvalue weighted by molar-refractivity contribution is 7.91. The second kappa shape index (κ2) is 4.57. The second-order valence-corrected chi connectivity index (χ2v) is 7.13. The molecule has 7 heteroatoms. The molecule has 0 saturated carbocycles. The summed E-state index contributed by atoms with van der Waals surface area (Å²) in [5, 5.41) is 3.75. The lowest BCUT2D eigenvalue weighted by Gasteiger charge is -2.19. The predicted octanol–water partition coefficient (Wildman–Crippen LogP) is 0.828. The van der Waals surface area contributed by atoms with Crippen molar-refractivity contribution in [2.45, 2.75) is 31.1 Å². The minimum absolute atomic E-state index is 0.233. The Balaban J connectivity index is 2.11. The van der Waals surface area contributed by atoms with E-state index in [0.717, 1.165) is 18.4 Å². The minimum atomic E-state index is -3.11. The van der Waals surface area contributed by atoms with E-state index in [1.807, 2.05) is 12.1 Å². The third-order valence-corrected chi connectivity index (χ3v) is 5.72. The van der Waals surface area contributed by atoms with E-state index in [9.17, 15) is 8.42 Å². The summed E-state index contributed by atoms with van der Waals surface area (Å²) in [4.78, 5) is 4.40. The Morgan fingerprint density at radius 3 is 3.00 bits per heavy atom.